The van der Waals surface area contributed by atoms with Crippen LogP contribution in [0.4, 0.5) is 0 Å². The Labute approximate surface area is 361 Å². The number of rotatable bonds is 7. The quantitative estimate of drug-likeness (QED) is 0.160. The van der Waals surface area contributed by atoms with E-state index >= 15 is 0 Å². The number of furan rings is 1. The summed E-state index contributed by atoms with van der Waals surface area (Å²) < 4.78 is 8.67. The lowest BCUT2D eigenvalue weighted by Crippen LogP contribution is -1.94. The normalized spacial score (nSPS) is 11.5. The number of nitrogens with zero attached hydrogens (tertiary/aromatic N) is 4. The van der Waals surface area contributed by atoms with Crippen molar-refractivity contribution >= 4 is 53.7 Å². The Kier molecular flexibility index (Phi) is 8.61. The molecular formula is C56H34N4OS. The van der Waals surface area contributed by atoms with Crippen molar-refractivity contribution < 1.29 is 4.42 Å². The molecule has 0 aliphatic heterocycles. The molecule has 0 N–H and O–H groups in total. The van der Waals surface area contributed by atoms with Gasteiger partial charge in [-0.2, -0.15) is 0 Å². The van der Waals surface area contributed by atoms with Gasteiger partial charge >= 0.3 is 0 Å². The fraction of sp³-hybridized carbons (Fsp3) is 0. The van der Waals surface area contributed by atoms with Gasteiger partial charge in [-0.3, -0.25) is 0 Å². The molecule has 0 radical (unpaired) electrons. The van der Waals surface area contributed by atoms with E-state index in [1.807, 2.05) is 42.5 Å². The van der Waals surface area contributed by atoms with Gasteiger partial charge in [0.1, 0.15) is 16.8 Å². The van der Waals surface area contributed by atoms with Gasteiger partial charge in [0.05, 0.1) is 15.9 Å². The zero-order valence-corrected chi connectivity index (χ0v) is 34.1. The standard InChI is InChI=1S/C56H34N4OS/c1-3-14-36(15-4-1)49-53-51(45-24-7-9-26-47(45)61-53)59-56(57-49)44-23-13-22-43(34-44)42-21-12-20-41(33-42)40-19-11-18-39(32-40)35-28-30-38(31-29-35)55-58-50(37-16-5-2-6-17-37)54-52(60-55)46-25-8-10-27-48(46)62-54/h1-34H. The summed E-state index contributed by atoms with van der Waals surface area (Å²) >= 11 is 1.75. The first-order valence-corrected chi connectivity index (χ1v) is 21.4. The molecular weight excluding hydrogens is 777 g/mol. The number of thiophene rings is 1. The highest BCUT2D eigenvalue weighted by Gasteiger charge is 2.19. The minimum absolute atomic E-state index is 0.656. The molecule has 0 fully saturated rings. The summed E-state index contributed by atoms with van der Waals surface area (Å²) in [6, 6.07) is 71.7. The maximum Gasteiger partial charge on any atom is 0.180 e. The van der Waals surface area contributed by atoms with Crippen molar-refractivity contribution in [2.24, 2.45) is 0 Å². The second kappa shape index (κ2) is 14.9. The zero-order valence-electron chi connectivity index (χ0n) is 33.2. The molecule has 0 spiro atoms. The second-order valence-electron chi connectivity index (χ2n) is 15.4. The first-order valence-electron chi connectivity index (χ1n) is 20.6. The van der Waals surface area contributed by atoms with Crippen LogP contribution in [-0.4, -0.2) is 19.9 Å². The summed E-state index contributed by atoms with van der Waals surface area (Å²) in [7, 11) is 0. The van der Waals surface area contributed by atoms with Crippen LogP contribution in [0.1, 0.15) is 0 Å². The van der Waals surface area contributed by atoms with Crippen molar-refractivity contribution in [3.63, 3.8) is 0 Å². The molecule has 0 amide bonds. The average Bonchev–Trinajstić information content (AvgIpc) is 3.93. The van der Waals surface area contributed by atoms with E-state index in [9.17, 15) is 0 Å². The van der Waals surface area contributed by atoms with Crippen LogP contribution in [-0.2, 0) is 0 Å². The molecule has 290 valence electrons. The molecule has 12 aromatic rings. The fourth-order valence-electron chi connectivity index (χ4n) is 8.43. The van der Waals surface area contributed by atoms with E-state index in [0.717, 1.165) is 105 Å². The Hall–Kier alpha value is -8.06. The Bertz CT molecular complexity index is 3630. The number of aromatic nitrogens is 4. The summed E-state index contributed by atoms with van der Waals surface area (Å²) in [4.78, 5) is 20.6. The highest BCUT2D eigenvalue weighted by molar-refractivity contribution is 7.26. The summed E-state index contributed by atoms with van der Waals surface area (Å²) in [6.07, 6.45) is 0. The van der Waals surface area contributed by atoms with Gasteiger partial charge < -0.3 is 4.42 Å². The molecule has 0 bridgehead atoms. The summed E-state index contributed by atoms with van der Waals surface area (Å²) in [5.74, 6) is 1.38. The molecule has 8 aromatic carbocycles. The third kappa shape index (κ3) is 6.33. The second-order valence-corrected chi connectivity index (χ2v) is 16.4. The molecule has 4 aromatic heterocycles. The van der Waals surface area contributed by atoms with Crippen molar-refractivity contribution in [1.82, 2.24) is 19.9 Å². The van der Waals surface area contributed by atoms with Crippen molar-refractivity contribution in [1.29, 1.82) is 0 Å². The SMILES string of the molecule is c1ccc(-c2nc(-c3cccc(-c4cccc(-c5cccc(-c6ccc(-c7nc(-c8ccccc8)c8sc9ccccc9c8n7)cc6)c5)c4)c3)nc3c2oc2ccccc23)cc1. The fourth-order valence-corrected chi connectivity index (χ4v) is 9.58. The highest BCUT2D eigenvalue weighted by Crippen LogP contribution is 2.40. The largest absolute Gasteiger partial charge is 0.452 e. The molecule has 0 unspecified atom stereocenters. The first kappa shape index (κ1) is 35.8. The third-order valence-corrected chi connectivity index (χ3v) is 12.7. The molecule has 62 heavy (non-hydrogen) atoms. The van der Waals surface area contributed by atoms with Crippen LogP contribution in [0.15, 0.2) is 211 Å². The van der Waals surface area contributed by atoms with Gasteiger partial charge in [0.25, 0.3) is 0 Å². The van der Waals surface area contributed by atoms with Crippen LogP contribution in [0, 0.1) is 0 Å². The predicted molar refractivity (Wildman–Crippen MR) is 256 cm³/mol. The van der Waals surface area contributed by atoms with Crippen LogP contribution < -0.4 is 0 Å². The van der Waals surface area contributed by atoms with Gasteiger partial charge in [-0.25, -0.2) is 19.9 Å². The highest BCUT2D eigenvalue weighted by atomic mass is 32.1. The monoisotopic (exact) mass is 810 g/mol. The van der Waals surface area contributed by atoms with E-state index in [1.54, 1.807) is 11.3 Å². The van der Waals surface area contributed by atoms with E-state index in [1.165, 1.54) is 4.70 Å². The van der Waals surface area contributed by atoms with Gasteiger partial charge in [0, 0.05) is 37.7 Å². The van der Waals surface area contributed by atoms with Crippen LogP contribution in [0.5, 0.6) is 0 Å². The molecule has 0 saturated carbocycles. The van der Waals surface area contributed by atoms with Crippen LogP contribution in [0.2, 0.25) is 0 Å². The van der Waals surface area contributed by atoms with Gasteiger partial charge in [-0.05, 0) is 69.8 Å². The number of fused-ring (bicyclic) bond motifs is 6. The van der Waals surface area contributed by atoms with Crippen LogP contribution >= 0.6 is 11.3 Å². The Morgan fingerprint density at radius 3 is 1.47 bits per heavy atom. The number of para-hydroxylation sites is 1. The maximum absolute atomic E-state index is 6.35. The minimum atomic E-state index is 0.656. The van der Waals surface area contributed by atoms with Crippen molar-refractivity contribution in [2.45, 2.75) is 0 Å². The molecule has 6 heteroatoms. The molecule has 5 nitrogen and oxygen atoms in total. The van der Waals surface area contributed by atoms with Gasteiger partial charge in [-0.15, -0.1) is 11.3 Å². The Morgan fingerprint density at radius 2 is 0.790 bits per heavy atom. The molecule has 4 heterocycles. The van der Waals surface area contributed by atoms with Crippen LogP contribution in [0.25, 0.3) is 121 Å². The molecule has 0 aliphatic carbocycles. The van der Waals surface area contributed by atoms with E-state index in [2.05, 4.69) is 164 Å². The Morgan fingerprint density at radius 1 is 0.323 bits per heavy atom. The summed E-state index contributed by atoms with van der Waals surface area (Å²) in [5.41, 5.74) is 15.8. The van der Waals surface area contributed by atoms with E-state index < -0.39 is 0 Å². The molecule has 0 atom stereocenters. The summed E-state index contributed by atoms with van der Waals surface area (Å²) in [6.45, 7) is 0. The van der Waals surface area contributed by atoms with Gasteiger partial charge in [-0.1, -0.05) is 170 Å². The van der Waals surface area contributed by atoms with E-state index in [-0.39, 0.29) is 0 Å². The Balaban J connectivity index is 0.868. The lowest BCUT2D eigenvalue weighted by Gasteiger charge is -2.11. The minimum Gasteiger partial charge on any atom is -0.452 e. The number of benzene rings is 8. The number of hydrogen-bond donors (Lipinski definition) is 0. The summed E-state index contributed by atoms with van der Waals surface area (Å²) in [5, 5.41) is 2.13. The van der Waals surface area contributed by atoms with Crippen LogP contribution in [0.3, 0.4) is 0 Å². The van der Waals surface area contributed by atoms with Crippen molar-refractivity contribution in [2.75, 3.05) is 0 Å². The number of hydrogen-bond acceptors (Lipinski definition) is 6. The van der Waals surface area contributed by atoms with Crippen molar-refractivity contribution in [3.05, 3.63) is 206 Å². The first-order chi connectivity index (χ1) is 30.7. The van der Waals surface area contributed by atoms with Crippen molar-refractivity contribution in [3.8, 4) is 78.7 Å². The molecule has 0 saturated heterocycles. The molecule has 0 aliphatic rings. The maximum atomic E-state index is 6.35. The lowest BCUT2D eigenvalue weighted by atomic mass is 9.95. The van der Waals surface area contributed by atoms with E-state index in [0.29, 0.717) is 11.4 Å². The van der Waals surface area contributed by atoms with E-state index in [4.69, 9.17) is 24.4 Å². The average molecular weight is 811 g/mol. The van der Waals surface area contributed by atoms with Gasteiger partial charge in [0.15, 0.2) is 17.2 Å². The lowest BCUT2D eigenvalue weighted by molar-refractivity contribution is 0.667. The topological polar surface area (TPSA) is 64.7 Å². The van der Waals surface area contributed by atoms with Gasteiger partial charge in [0.2, 0.25) is 0 Å². The zero-order chi connectivity index (χ0) is 41.0. The smallest absolute Gasteiger partial charge is 0.180 e. The third-order valence-electron chi connectivity index (χ3n) is 11.5. The predicted octanol–water partition coefficient (Wildman–Crippen LogP) is 15.2. The molecule has 12 rings (SSSR count).